The molecule has 0 saturated carbocycles. The fraction of sp³-hybridized carbons (Fsp3) is 0.391. The highest BCUT2D eigenvalue weighted by atomic mass is 16.5. The van der Waals surface area contributed by atoms with Crippen LogP contribution in [0.15, 0.2) is 42.5 Å². The van der Waals surface area contributed by atoms with Crippen LogP contribution in [0, 0.1) is 0 Å². The molecule has 1 atom stereocenters. The van der Waals surface area contributed by atoms with Crippen molar-refractivity contribution >= 4 is 11.7 Å². The van der Waals surface area contributed by atoms with Crippen molar-refractivity contribution in [2.24, 2.45) is 0 Å². The van der Waals surface area contributed by atoms with Gasteiger partial charge in [-0.1, -0.05) is 12.1 Å². The molecule has 0 radical (unpaired) electrons. The first-order valence-electron chi connectivity index (χ1n) is 9.76. The highest BCUT2D eigenvalue weighted by molar-refractivity contribution is 5.98. The van der Waals surface area contributed by atoms with Gasteiger partial charge >= 0.3 is 0 Å². The van der Waals surface area contributed by atoms with E-state index in [9.17, 15) is 9.59 Å². The van der Waals surface area contributed by atoms with E-state index in [1.54, 1.807) is 32.4 Å². The molecule has 6 heteroatoms. The summed E-state index contributed by atoms with van der Waals surface area (Å²) in [7, 11) is 4.71. The number of benzene rings is 2. The molecule has 1 aliphatic rings. The molecule has 29 heavy (non-hydrogen) atoms. The Morgan fingerprint density at radius 1 is 0.931 bits per heavy atom. The summed E-state index contributed by atoms with van der Waals surface area (Å²) in [5.74, 6) is 1.80. The number of rotatable bonds is 8. The van der Waals surface area contributed by atoms with Crippen LogP contribution >= 0.6 is 0 Å². The fourth-order valence-corrected chi connectivity index (χ4v) is 3.76. The number of likely N-dealkylation sites (tertiary alicyclic amines) is 1. The summed E-state index contributed by atoms with van der Waals surface area (Å²) in [6.45, 7) is 0.722. The van der Waals surface area contributed by atoms with E-state index in [1.165, 1.54) is 7.11 Å². The lowest BCUT2D eigenvalue weighted by Crippen LogP contribution is -2.30. The standard InChI is InChI=1S/C23H27NO5/c1-27-18-9-6-16(7-10-18)19-5-4-14-24(19)23(26)13-11-20(25)17-8-12-21(28-2)22(15-17)29-3/h6-10,12,15,19H,4-5,11,13-14H2,1-3H3/t19-/m0/s1. The molecule has 0 bridgehead atoms. The molecule has 0 aromatic heterocycles. The van der Waals surface area contributed by atoms with Gasteiger partial charge in [-0.3, -0.25) is 9.59 Å². The van der Waals surface area contributed by atoms with Gasteiger partial charge in [-0.2, -0.15) is 0 Å². The number of ketones is 1. The maximum absolute atomic E-state index is 12.8. The SMILES string of the molecule is COc1ccc([C@@H]2CCCN2C(=O)CCC(=O)c2ccc(OC)c(OC)c2)cc1. The lowest BCUT2D eigenvalue weighted by atomic mass is 10.0. The van der Waals surface area contributed by atoms with Gasteiger partial charge in [-0.15, -0.1) is 0 Å². The Labute approximate surface area is 171 Å². The summed E-state index contributed by atoms with van der Waals surface area (Å²) in [6.07, 6.45) is 2.26. The molecule has 0 unspecified atom stereocenters. The van der Waals surface area contributed by atoms with Crippen molar-refractivity contribution in [1.82, 2.24) is 4.90 Å². The maximum atomic E-state index is 12.8. The third kappa shape index (κ3) is 4.70. The van der Waals surface area contributed by atoms with Crippen LogP contribution in [-0.2, 0) is 4.79 Å². The lowest BCUT2D eigenvalue weighted by molar-refractivity contribution is -0.132. The third-order valence-corrected chi connectivity index (χ3v) is 5.35. The van der Waals surface area contributed by atoms with Crippen LogP contribution in [0.25, 0.3) is 0 Å². The van der Waals surface area contributed by atoms with E-state index in [1.807, 2.05) is 29.2 Å². The van der Waals surface area contributed by atoms with Gasteiger partial charge in [0.05, 0.1) is 27.4 Å². The average molecular weight is 397 g/mol. The second-order valence-electron chi connectivity index (χ2n) is 7.01. The van der Waals surface area contributed by atoms with E-state index in [-0.39, 0.29) is 30.6 Å². The van der Waals surface area contributed by atoms with Crippen molar-refractivity contribution in [2.75, 3.05) is 27.9 Å². The van der Waals surface area contributed by atoms with Crippen LogP contribution in [0.2, 0.25) is 0 Å². The van der Waals surface area contributed by atoms with Crippen molar-refractivity contribution in [3.05, 3.63) is 53.6 Å². The molecule has 6 nitrogen and oxygen atoms in total. The summed E-state index contributed by atoms with van der Waals surface area (Å²) < 4.78 is 15.7. The Morgan fingerprint density at radius 3 is 2.31 bits per heavy atom. The normalized spacial score (nSPS) is 15.8. The van der Waals surface area contributed by atoms with Gasteiger partial charge in [0.15, 0.2) is 17.3 Å². The van der Waals surface area contributed by atoms with Crippen LogP contribution < -0.4 is 14.2 Å². The minimum atomic E-state index is -0.0838. The Morgan fingerprint density at radius 2 is 1.66 bits per heavy atom. The van der Waals surface area contributed by atoms with Gasteiger partial charge in [-0.25, -0.2) is 0 Å². The monoisotopic (exact) mass is 397 g/mol. The predicted octanol–water partition coefficient (Wildman–Crippen LogP) is 4.04. The predicted molar refractivity (Wildman–Crippen MR) is 110 cm³/mol. The molecule has 154 valence electrons. The molecule has 1 amide bonds. The Hall–Kier alpha value is -3.02. The van der Waals surface area contributed by atoms with E-state index in [0.717, 1.165) is 30.7 Å². The Bertz CT molecular complexity index is 862. The molecule has 2 aromatic carbocycles. The van der Waals surface area contributed by atoms with Crippen LogP contribution in [0.5, 0.6) is 17.2 Å². The number of methoxy groups -OCH3 is 3. The first-order valence-corrected chi connectivity index (χ1v) is 9.76. The molecule has 0 aliphatic carbocycles. The van der Waals surface area contributed by atoms with Gasteiger partial charge in [0.2, 0.25) is 5.91 Å². The van der Waals surface area contributed by atoms with Crippen molar-refractivity contribution in [2.45, 2.75) is 31.7 Å². The molecule has 1 fully saturated rings. The molecule has 1 saturated heterocycles. The zero-order valence-corrected chi connectivity index (χ0v) is 17.1. The molecule has 1 aliphatic heterocycles. The summed E-state index contributed by atoms with van der Waals surface area (Å²) in [5.41, 5.74) is 1.62. The van der Waals surface area contributed by atoms with Crippen LogP contribution in [0.3, 0.4) is 0 Å². The molecule has 1 heterocycles. The van der Waals surface area contributed by atoms with Crippen LogP contribution in [-0.4, -0.2) is 44.5 Å². The molecule has 0 N–H and O–H groups in total. The molecule has 2 aromatic rings. The summed E-state index contributed by atoms with van der Waals surface area (Å²) >= 11 is 0. The van der Waals surface area contributed by atoms with Crippen molar-refractivity contribution < 1.29 is 23.8 Å². The largest absolute Gasteiger partial charge is 0.497 e. The highest BCUT2D eigenvalue weighted by Gasteiger charge is 2.30. The number of hydrogen-bond donors (Lipinski definition) is 0. The van der Waals surface area contributed by atoms with Gasteiger partial charge in [-0.05, 0) is 48.7 Å². The summed E-state index contributed by atoms with van der Waals surface area (Å²) in [6, 6.07) is 13.0. The minimum absolute atomic E-state index is 0.0112. The smallest absolute Gasteiger partial charge is 0.223 e. The van der Waals surface area contributed by atoms with Gasteiger partial charge in [0.25, 0.3) is 0 Å². The average Bonchev–Trinajstić information content (AvgIpc) is 3.26. The molecule has 0 spiro atoms. The van der Waals surface area contributed by atoms with Crippen LogP contribution in [0.4, 0.5) is 0 Å². The number of nitrogens with zero attached hydrogens (tertiary/aromatic N) is 1. The van der Waals surface area contributed by atoms with E-state index in [0.29, 0.717) is 17.1 Å². The van der Waals surface area contributed by atoms with Gasteiger partial charge < -0.3 is 19.1 Å². The quantitative estimate of drug-likeness (QED) is 0.629. The number of carbonyl (C=O) groups is 2. The number of carbonyl (C=O) groups excluding carboxylic acids is 2. The third-order valence-electron chi connectivity index (χ3n) is 5.35. The zero-order chi connectivity index (χ0) is 20.8. The second kappa shape index (κ2) is 9.45. The lowest BCUT2D eigenvalue weighted by Gasteiger charge is -2.25. The first-order chi connectivity index (χ1) is 14.1. The van der Waals surface area contributed by atoms with Gasteiger partial charge in [0.1, 0.15) is 5.75 Å². The van der Waals surface area contributed by atoms with Crippen LogP contribution in [0.1, 0.15) is 47.6 Å². The number of ether oxygens (including phenoxy) is 3. The Kier molecular flexibility index (Phi) is 6.75. The summed E-state index contributed by atoms with van der Waals surface area (Å²) in [5, 5.41) is 0. The highest BCUT2D eigenvalue weighted by Crippen LogP contribution is 2.33. The Balaban J connectivity index is 1.62. The van der Waals surface area contributed by atoms with Crippen molar-refractivity contribution in [1.29, 1.82) is 0 Å². The van der Waals surface area contributed by atoms with Crippen molar-refractivity contribution in [3.8, 4) is 17.2 Å². The van der Waals surface area contributed by atoms with E-state index < -0.39 is 0 Å². The van der Waals surface area contributed by atoms with Crippen molar-refractivity contribution in [3.63, 3.8) is 0 Å². The summed E-state index contributed by atoms with van der Waals surface area (Å²) in [4.78, 5) is 27.3. The maximum Gasteiger partial charge on any atom is 0.223 e. The zero-order valence-electron chi connectivity index (χ0n) is 17.1. The number of Topliss-reactive ketones (excluding diaryl/α,β-unsaturated/α-hetero) is 1. The number of amides is 1. The van der Waals surface area contributed by atoms with E-state index >= 15 is 0 Å². The first kappa shape index (κ1) is 20.7. The van der Waals surface area contributed by atoms with Gasteiger partial charge in [0, 0.05) is 24.9 Å². The van der Waals surface area contributed by atoms with E-state index in [4.69, 9.17) is 14.2 Å². The topological polar surface area (TPSA) is 65.1 Å². The molecular formula is C23H27NO5. The molecule has 3 rings (SSSR count). The fourth-order valence-electron chi connectivity index (χ4n) is 3.76. The molecular weight excluding hydrogens is 370 g/mol. The second-order valence-corrected chi connectivity index (χ2v) is 7.01. The van der Waals surface area contributed by atoms with E-state index in [2.05, 4.69) is 0 Å². The minimum Gasteiger partial charge on any atom is -0.497 e. The number of hydrogen-bond acceptors (Lipinski definition) is 5.